The lowest BCUT2D eigenvalue weighted by Crippen LogP contribution is -2.04. The van der Waals surface area contributed by atoms with Crippen molar-refractivity contribution in [1.82, 2.24) is 0 Å². The number of ether oxygens (including phenoxy) is 1. The molecule has 0 aliphatic rings. The van der Waals surface area contributed by atoms with Crippen molar-refractivity contribution in [2.24, 2.45) is 0 Å². The second kappa shape index (κ2) is 8.12. The van der Waals surface area contributed by atoms with Gasteiger partial charge in [-0.2, -0.15) is 0 Å². The Balaban J connectivity index is 2.73. The molecule has 110 valence electrons. The number of halogens is 2. The lowest BCUT2D eigenvalue weighted by Gasteiger charge is -2.11. The molecule has 1 aromatic rings. The summed E-state index contributed by atoms with van der Waals surface area (Å²) < 4.78 is 5.37. The molecule has 1 aromatic carbocycles. The Hall–Kier alpha value is -1.26. The van der Waals surface area contributed by atoms with Crippen molar-refractivity contribution >= 4 is 35.0 Å². The monoisotopic (exact) mass is 318 g/mol. The smallest absolute Gasteiger partial charge is 0.303 e. The van der Waals surface area contributed by atoms with Gasteiger partial charge in [-0.1, -0.05) is 30.1 Å². The molecule has 6 heteroatoms. The van der Waals surface area contributed by atoms with E-state index in [1.165, 1.54) is 0 Å². The van der Waals surface area contributed by atoms with Crippen LogP contribution < -0.4 is 4.74 Å². The van der Waals surface area contributed by atoms with Gasteiger partial charge in [-0.25, -0.2) is 0 Å². The van der Waals surface area contributed by atoms with E-state index < -0.39 is 5.97 Å². The summed E-state index contributed by atoms with van der Waals surface area (Å²) in [7, 11) is 0. The average Bonchev–Trinajstić information content (AvgIpc) is 2.39. The highest BCUT2D eigenvalue weighted by atomic mass is 35.5. The van der Waals surface area contributed by atoms with E-state index in [-0.39, 0.29) is 28.9 Å². The highest BCUT2D eigenvalue weighted by Gasteiger charge is 2.16. The number of aliphatic carboxylic acids is 1. The summed E-state index contributed by atoms with van der Waals surface area (Å²) in [5, 5.41) is 8.88. The fourth-order valence-corrected chi connectivity index (χ4v) is 2.11. The first-order chi connectivity index (χ1) is 9.47. The van der Waals surface area contributed by atoms with Gasteiger partial charge in [-0.15, -0.1) is 0 Å². The van der Waals surface area contributed by atoms with Gasteiger partial charge in [0.05, 0.1) is 11.6 Å². The third kappa shape index (κ3) is 4.69. The minimum absolute atomic E-state index is 0.0262. The van der Waals surface area contributed by atoms with Crippen LogP contribution in [-0.2, 0) is 4.79 Å². The number of carboxylic acid groups (broad SMARTS) is 1. The van der Waals surface area contributed by atoms with Crippen LogP contribution in [0.1, 0.15) is 43.0 Å². The summed E-state index contributed by atoms with van der Waals surface area (Å²) in [6.07, 6.45) is 1.55. The Morgan fingerprint density at radius 2 is 1.90 bits per heavy atom. The molecule has 0 spiro atoms. The largest absolute Gasteiger partial charge is 0.492 e. The summed E-state index contributed by atoms with van der Waals surface area (Å²) in [4.78, 5) is 22.2. The zero-order valence-corrected chi connectivity index (χ0v) is 12.6. The molecule has 0 aliphatic carbocycles. The van der Waals surface area contributed by atoms with Gasteiger partial charge in [-0.3, -0.25) is 9.59 Å². The molecular formula is C14H16Cl2O4. The van der Waals surface area contributed by atoms with E-state index in [9.17, 15) is 9.59 Å². The van der Waals surface area contributed by atoms with E-state index in [2.05, 4.69) is 0 Å². The molecule has 0 aromatic heterocycles. The molecule has 20 heavy (non-hydrogen) atoms. The fourth-order valence-electron chi connectivity index (χ4n) is 1.63. The van der Waals surface area contributed by atoms with E-state index in [1.807, 2.05) is 6.92 Å². The summed E-state index contributed by atoms with van der Waals surface area (Å²) >= 11 is 12.1. The minimum Gasteiger partial charge on any atom is -0.492 e. The van der Waals surface area contributed by atoms with Gasteiger partial charge in [0.25, 0.3) is 0 Å². The predicted octanol–water partition coefficient (Wildman–Crippen LogP) is 4.22. The van der Waals surface area contributed by atoms with Gasteiger partial charge >= 0.3 is 5.97 Å². The lowest BCUT2D eigenvalue weighted by molar-refractivity contribution is -0.137. The van der Waals surface area contributed by atoms with Crippen LogP contribution in [0.15, 0.2) is 12.1 Å². The second-order valence-electron chi connectivity index (χ2n) is 4.26. The van der Waals surface area contributed by atoms with E-state index in [0.29, 0.717) is 24.2 Å². The summed E-state index contributed by atoms with van der Waals surface area (Å²) in [6, 6.07) is 3.16. The summed E-state index contributed by atoms with van der Waals surface area (Å²) in [5.74, 6) is -0.579. The Morgan fingerprint density at radius 1 is 1.20 bits per heavy atom. The van der Waals surface area contributed by atoms with Gasteiger partial charge in [0.1, 0.15) is 10.8 Å². The molecule has 0 heterocycles. The molecule has 4 nitrogen and oxygen atoms in total. The summed E-state index contributed by atoms with van der Waals surface area (Å²) in [5.41, 5.74) is 0.386. The first-order valence-electron chi connectivity index (χ1n) is 6.33. The minimum atomic E-state index is -0.877. The van der Waals surface area contributed by atoms with Crippen molar-refractivity contribution in [3.8, 4) is 5.75 Å². The third-order valence-corrected chi connectivity index (χ3v) is 3.48. The standard InChI is InChI=1S/C14H16Cl2O4/c1-2-4-10(17)9-6-7-11(14(16)13(9)15)20-8-3-5-12(18)19/h6-7H,2-5,8H2,1H3,(H,18,19). The predicted molar refractivity (Wildman–Crippen MR) is 78.1 cm³/mol. The molecule has 0 saturated heterocycles. The quantitative estimate of drug-likeness (QED) is 0.575. The number of carbonyl (C=O) groups is 2. The molecule has 0 fully saturated rings. The first kappa shape index (κ1) is 16.8. The maximum absolute atomic E-state index is 11.8. The number of benzene rings is 1. The van der Waals surface area contributed by atoms with Crippen molar-refractivity contribution in [2.45, 2.75) is 32.6 Å². The Bertz CT molecular complexity index is 500. The van der Waals surface area contributed by atoms with Gasteiger partial charge < -0.3 is 9.84 Å². The molecule has 1 rings (SSSR count). The third-order valence-electron chi connectivity index (χ3n) is 2.62. The number of hydrogen-bond donors (Lipinski definition) is 1. The van der Waals surface area contributed by atoms with Gasteiger partial charge in [-0.05, 0) is 25.0 Å². The van der Waals surface area contributed by atoms with E-state index in [1.54, 1.807) is 12.1 Å². The second-order valence-corrected chi connectivity index (χ2v) is 5.01. The number of ketones is 1. The van der Waals surface area contributed by atoms with Gasteiger partial charge in [0.2, 0.25) is 0 Å². The lowest BCUT2D eigenvalue weighted by atomic mass is 10.1. The van der Waals surface area contributed by atoms with Crippen molar-refractivity contribution < 1.29 is 19.4 Å². The maximum atomic E-state index is 11.8. The van der Waals surface area contributed by atoms with Crippen molar-refractivity contribution in [2.75, 3.05) is 6.61 Å². The number of Topliss-reactive ketones (excluding diaryl/α,β-unsaturated/α-hetero) is 1. The van der Waals surface area contributed by atoms with Crippen molar-refractivity contribution in [1.29, 1.82) is 0 Å². The molecule has 0 unspecified atom stereocenters. The Labute approximate surface area is 127 Å². The fraction of sp³-hybridized carbons (Fsp3) is 0.429. The molecular weight excluding hydrogens is 303 g/mol. The van der Waals surface area contributed by atoms with Gasteiger partial charge in [0, 0.05) is 18.4 Å². The topological polar surface area (TPSA) is 63.6 Å². The van der Waals surface area contributed by atoms with Crippen LogP contribution in [0.3, 0.4) is 0 Å². The van der Waals surface area contributed by atoms with Crippen LogP contribution in [0.5, 0.6) is 5.75 Å². The average molecular weight is 319 g/mol. The van der Waals surface area contributed by atoms with Crippen molar-refractivity contribution in [3.05, 3.63) is 27.7 Å². The Morgan fingerprint density at radius 3 is 2.50 bits per heavy atom. The highest BCUT2D eigenvalue weighted by Crippen LogP contribution is 2.35. The van der Waals surface area contributed by atoms with E-state index >= 15 is 0 Å². The number of carbonyl (C=O) groups excluding carboxylic acids is 1. The first-order valence-corrected chi connectivity index (χ1v) is 7.08. The van der Waals surface area contributed by atoms with Crippen LogP contribution in [0.2, 0.25) is 10.0 Å². The SMILES string of the molecule is CCCC(=O)c1ccc(OCCCC(=O)O)c(Cl)c1Cl. The Kier molecular flexibility index (Phi) is 6.82. The molecule has 0 amide bonds. The zero-order valence-electron chi connectivity index (χ0n) is 11.1. The van der Waals surface area contributed by atoms with E-state index in [0.717, 1.165) is 6.42 Å². The summed E-state index contributed by atoms with van der Waals surface area (Å²) in [6.45, 7) is 2.14. The van der Waals surface area contributed by atoms with Crippen LogP contribution in [0, 0.1) is 0 Å². The van der Waals surface area contributed by atoms with E-state index in [4.69, 9.17) is 33.0 Å². The van der Waals surface area contributed by atoms with Crippen LogP contribution >= 0.6 is 23.2 Å². The van der Waals surface area contributed by atoms with Crippen LogP contribution in [-0.4, -0.2) is 23.5 Å². The van der Waals surface area contributed by atoms with Crippen LogP contribution in [0.25, 0.3) is 0 Å². The highest BCUT2D eigenvalue weighted by molar-refractivity contribution is 6.44. The number of rotatable bonds is 8. The molecule has 1 N–H and O–H groups in total. The molecule has 0 saturated carbocycles. The molecule has 0 atom stereocenters. The molecule has 0 bridgehead atoms. The number of carboxylic acids is 1. The van der Waals surface area contributed by atoms with Gasteiger partial charge in [0.15, 0.2) is 5.78 Å². The normalized spacial score (nSPS) is 10.3. The molecule has 0 radical (unpaired) electrons. The zero-order chi connectivity index (χ0) is 15.1. The number of hydrogen-bond acceptors (Lipinski definition) is 3. The molecule has 0 aliphatic heterocycles. The van der Waals surface area contributed by atoms with Crippen LogP contribution in [0.4, 0.5) is 0 Å². The van der Waals surface area contributed by atoms with Crippen molar-refractivity contribution in [3.63, 3.8) is 0 Å². The maximum Gasteiger partial charge on any atom is 0.303 e.